The number of hydrogen-bond acceptors (Lipinski definition) is 7. The molecule has 3 aromatic carbocycles. The number of ether oxygens (including phenoxy) is 3. The van der Waals surface area contributed by atoms with Gasteiger partial charge in [-0.1, -0.05) is 72.8 Å². The summed E-state index contributed by atoms with van der Waals surface area (Å²) in [6.45, 7) is 5.54. The topological polar surface area (TPSA) is 111 Å². The number of nitrogens with one attached hydrogen (secondary N) is 1. The summed E-state index contributed by atoms with van der Waals surface area (Å²) in [7, 11) is 0. The summed E-state index contributed by atoms with van der Waals surface area (Å²) in [6, 6.07) is 25.3. The molecule has 0 aromatic heterocycles. The second-order valence-corrected chi connectivity index (χ2v) is 10.9. The Morgan fingerprint density at radius 1 is 0.902 bits per heavy atom. The van der Waals surface area contributed by atoms with Gasteiger partial charge in [0.15, 0.2) is 6.10 Å². The zero-order valence-corrected chi connectivity index (χ0v) is 23.5. The monoisotopic (exact) mass is 557 g/mol. The van der Waals surface area contributed by atoms with Gasteiger partial charge in [0.1, 0.15) is 29.3 Å². The van der Waals surface area contributed by atoms with Crippen molar-refractivity contribution in [2.45, 2.75) is 64.4 Å². The molecule has 0 radical (unpaired) electrons. The quantitative estimate of drug-likeness (QED) is 0.144. The van der Waals surface area contributed by atoms with E-state index in [1.54, 1.807) is 45.0 Å². The van der Waals surface area contributed by atoms with E-state index >= 15 is 0 Å². The Balaban J connectivity index is 1.50. The molecule has 0 aliphatic carbocycles. The number of aliphatic hydroxyl groups excluding tert-OH is 1. The molecule has 1 fully saturated rings. The molecule has 41 heavy (non-hydrogen) atoms. The lowest BCUT2D eigenvalue weighted by atomic mass is 9.97. The highest BCUT2D eigenvalue weighted by atomic mass is 16.6. The van der Waals surface area contributed by atoms with E-state index < -0.39 is 46.9 Å². The van der Waals surface area contributed by atoms with Crippen molar-refractivity contribution in [2.75, 3.05) is 0 Å². The van der Waals surface area contributed by atoms with Gasteiger partial charge in [0, 0.05) is 6.42 Å². The van der Waals surface area contributed by atoms with Crippen LogP contribution < -0.4 is 10.1 Å². The first-order chi connectivity index (χ1) is 19.6. The van der Waals surface area contributed by atoms with Crippen molar-refractivity contribution in [3.63, 3.8) is 0 Å². The number of ketones is 1. The van der Waals surface area contributed by atoms with Gasteiger partial charge in [-0.05, 0) is 62.4 Å². The molecular formula is C33H35NO7. The zero-order valence-electron chi connectivity index (χ0n) is 23.5. The maximum Gasteiger partial charge on any atom is 0.408 e. The molecule has 0 saturated carbocycles. The van der Waals surface area contributed by atoms with Gasteiger partial charge in [-0.25, -0.2) is 9.59 Å². The number of carbonyl (C=O) groups excluding carboxylic acids is 3. The number of carbonyl (C=O) groups is 3. The average molecular weight is 558 g/mol. The molecule has 4 rings (SSSR count). The highest BCUT2D eigenvalue weighted by molar-refractivity contribution is 6.23. The molecule has 214 valence electrons. The summed E-state index contributed by atoms with van der Waals surface area (Å²) in [5, 5.41) is 13.8. The largest absolute Gasteiger partial charge is 0.509 e. The maximum atomic E-state index is 13.2. The van der Waals surface area contributed by atoms with Crippen molar-refractivity contribution < 1.29 is 33.7 Å². The molecule has 0 unspecified atom stereocenters. The third kappa shape index (κ3) is 8.45. The lowest BCUT2D eigenvalue weighted by molar-refractivity contribution is -0.141. The fraction of sp³-hybridized carbons (Fsp3) is 0.303. The number of alkyl carbamates (subject to hydrolysis) is 1. The summed E-state index contributed by atoms with van der Waals surface area (Å²) in [5.41, 5.74) is 1.51. The minimum absolute atomic E-state index is 0.0861. The Hall–Kier alpha value is -4.59. The lowest BCUT2D eigenvalue weighted by Crippen LogP contribution is -2.42. The Labute approximate surface area is 239 Å². The van der Waals surface area contributed by atoms with Crippen molar-refractivity contribution in [2.24, 2.45) is 0 Å². The standard InChI is InChI=1S/C33H35NO7/c1-33(2,3)41-32(38)34-26(20-23-14-17-25(18-15-23)39-21-24-12-8-5-9-13-24)29(35)28-30(36)27(40-31(28)37)19-16-22-10-6-4-7-11-22/h4-15,17-18,26-27,35H,16,19-21H2,1-3H3,(H,34,38)/t26-,27+/m0/s1. The molecule has 0 bridgehead atoms. The molecule has 2 N–H and O–H groups in total. The molecule has 1 aliphatic heterocycles. The number of Topliss-reactive ketones (excluding diaryl/α,β-unsaturated/α-hetero) is 1. The van der Waals surface area contributed by atoms with E-state index in [4.69, 9.17) is 14.2 Å². The molecule has 1 aliphatic rings. The van der Waals surface area contributed by atoms with Crippen LogP contribution in [0, 0.1) is 0 Å². The number of benzene rings is 3. The Morgan fingerprint density at radius 3 is 2.12 bits per heavy atom. The number of cyclic esters (lactones) is 1. The van der Waals surface area contributed by atoms with E-state index in [0.717, 1.165) is 16.7 Å². The number of aliphatic hydroxyl groups is 1. The number of esters is 1. The highest BCUT2D eigenvalue weighted by Gasteiger charge is 2.42. The second-order valence-electron chi connectivity index (χ2n) is 10.9. The Bertz CT molecular complexity index is 1380. The normalized spacial score (nSPS) is 17.0. The minimum atomic E-state index is -1.11. The molecule has 1 amide bonds. The van der Waals surface area contributed by atoms with Crippen molar-refractivity contribution in [1.29, 1.82) is 0 Å². The smallest absolute Gasteiger partial charge is 0.408 e. The predicted molar refractivity (Wildman–Crippen MR) is 153 cm³/mol. The van der Waals surface area contributed by atoms with Crippen LogP contribution in [0.5, 0.6) is 5.75 Å². The van der Waals surface area contributed by atoms with Gasteiger partial charge in [0.25, 0.3) is 0 Å². The third-order valence-corrected chi connectivity index (χ3v) is 6.42. The summed E-state index contributed by atoms with van der Waals surface area (Å²) < 4.78 is 16.5. The summed E-state index contributed by atoms with van der Waals surface area (Å²) >= 11 is 0. The van der Waals surface area contributed by atoms with Crippen LogP contribution in [-0.2, 0) is 38.5 Å². The summed E-state index contributed by atoms with van der Waals surface area (Å²) in [4.78, 5) is 38.5. The fourth-order valence-electron chi connectivity index (χ4n) is 4.40. The van der Waals surface area contributed by atoms with Crippen LogP contribution in [0.2, 0.25) is 0 Å². The van der Waals surface area contributed by atoms with Crippen LogP contribution in [0.15, 0.2) is 96.3 Å². The van der Waals surface area contributed by atoms with Crippen molar-refractivity contribution in [3.05, 3.63) is 113 Å². The molecule has 1 heterocycles. The van der Waals surface area contributed by atoms with Crippen LogP contribution in [0.25, 0.3) is 0 Å². The van der Waals surface area contributed by atoms with Crippen molar-refractivity contribution in [1.82, 2.24) is 5.32 Å². The Morgan fingerprint density at radius 2 is 1.51 bits per heavy atom. The van der Waals surface area contributed by atoms with Crippen LogP contribution >= 0.6 is 0 Å². The van der Waals surface area contributed by atoms with Gasteiger partial charge in [0.2, 0.25) is 5.78 Å². The highest BCUT2D eigenvalue weighted by Crippen LogP contribution is 2.26. The van der Waals surface area contributed by atoms with Crippen molar-refractivity contribution >= 4 is 17.8 Å². The van der Waals surface area contributed by atoms with E-state index in [-0.39, 0.29) is 12.8 Å². The maximum absolute atomic E-state index is 13.2. The van der Waals surface area contributed by atoms with E-state index in [1.165, 1.54) is 0 Å². The number of amides is 1. The molecule has 2 atom stereocenters. The third-order valence-electron chi connectivity index (χ3n) is 6.42. The van der Waals surface area contributed by atoms with Crippen molar-refractivity contribution in [3.8, 4) is 5.75 Å². The first-order valence-electron chi connectivity index (χ1n) is 13.6. The SMILES string of the molecule is CC(C)(C)OC(=O)N[C@@H](Cc1ccc(OCc2ccccc2)cc1)C(O)=C1C(=O)O[C@H](CCc2ccccc2)C1=O. The molecule has 8 heteroatoms. The number of hydrogen-bond donors (Lipinski definition) is 2. The van der Waals surface area contributed by atoms with Gasteiger partial charge < -0.3 is 24.6 Å². The minimum Gasteiger partial charge on any atom is -0.509 e. The van der Waals surface area contributed by atoms with Gasteiger partial charge in [0.05, 0.1) is 6.04 Å². The molecule has 0 spiro atoms. The predicted octanol–water partition coefficient (Wildman–Crippen LogP) is 5.64. The van der Waals surface area contributed by atoms with Crippen LogP contribution in [-0.4, -0.2) is 40.7 Å². The first-order valence-corrected chi connectivity index (χ1v) is 13.6. The van der Waals surface area contributed by atoms with E-state index in [1.807, 2.05) is 60.7 Å². The van der Waals surface area contributed by atoms with Crippen LogP contribution in [0.1, 0.15) is 43.9 Å². The molecular weight excluding hydrogens is 522 g/mol. The van der Waals surface area contributed by atoms with E-state index in [0.29, 0.717) is 18.8 Å². The van der Waals surface area contributed by atoms with E-state index in [9.17, 15) is 19.5 Å². The molecule has 3 aromatic rings. The fourth-order valence-corrected chi connectivity index (χ4v) is 4.40. The van der Waals surface area contributed by atoms with Gasteiger partial charge in [-0.2, -0.15) is 0 Å². The summed E-state index contributed by atoms with van der Waals surface area (Å²) in [5.74, 6) is -1.43. The number of rotatable bonds is 10. The van der Waals surface area contributed by atoms with E-state index in [2.05, 4.69) is 5.32 Å². The second kappa shape index (κ2) is 13.2. The first kappa shape index (κ1) is 29.4. The average Bonchev–Trinajstić information content (AvgIpc) is 3.23. The molecule has 8 nitrogen and oxygen atoms in total. The van der Waals surface area contributed by atoms with Crippen LogP contribution in [0.3, 0.4) is 0 Å². The van der Waals surface area contributed by atoms with Gasteiger partial charge in [-0.15, -0.1) is 0 Å². The molecule has 1 saturated heterocycles. The summed E-state index contributed by atoms with van der Waals surface area (Å²) in [6.07, 6.45) is -0.917. The van der Waals surface area contributed by atoms with Crippen LogP contribution in [0.4, 0.5) is 4.79 Å². The Kier molecular flexibility index (Phi) is 9.45. The zero-order chi connectivity index (χ0) is 29.4. The van der Waals surface area contributed by atoms with Gasteiger partial charge in [-0.3, -0.25) is 4.79 Å². The van der Waals surface area contributed by atoms with Gasteiger partial charge >= 0.3 is 12.1 Å². The number of aryl methyl sites for hydroxylation is 1. The lowest BCUT2D eigenvalue weighted by Gasteiger charge is -2.24.